The smallest absolute Gasteiger partial charge is 0.0467 e. The van der Waals surface area contributed by atoms with Gasteiger partial charge in [-0.15, -0.1) is 0 Å². The van der Waals surface area contributed by atoms with Crippen LogP contribution in [0.2, 0.25) is 0 Å². The van der Waals surface area contributed by atoms with Crippen molar-refractivity contribution in [2.45, 2.75) is 26.7 Å². The van der Waals surface area contributed by atoms with E-state index in [1.807, 2.05) is 0 Å². The Morgan fingerprint density at radius 2 is 1.67 bits per heavy atom. The molecular formula is C20H21N. The molecule has 0 unspecified atom stereocenters. The first-order chi connectivity index (χ1) is 10.3. The minimum atomic E-state index is 0.990. The second kappa shape index (κ2) is 5.61. The monoisotopic (exact) mass is 275 g/mol. The largest absolute Gasteiger partial charge is 0.314 e. The molecule has 0 bridgehead atoms. The van der Waals surface area contributed by atoms with E-state index in [9.17, 15) is 0 Å². The Morgan fingerprint density at radius 1 is 0.905 bits per heavy atom. The van der Waals surface area contributed by atoms with E-state index in [2.05, 4.69) is 79.9 Å². The maximum atomic E-state index is 4.41. The maximum absolute atomic E-state index is 4.41. The number of hydrogen-bond donors (Lipinski definition) is 0. The SMILES string of the molecule is C=C1c2c(cccc2CC)C=C(CC)N1c1ccccc1. The molecule has 0 atom stereocenters. The summed E-state index contributed by atoms with van der Waals surface area (Å²) in [5.74, 6) is 0. The van der Waals surface area contributed by atoms with E-state index in [4.69, 9.17) is 0 Å². The highest BCUT2D eigenvalue weighted by Crippen LogP contribution is 2.39. The normalized spacial score (nSPS) is 13.9. The molecule has 3 rings (SSSR count). The van der Waals surface area contributed by atoms with Gasteiger partial charge in [-0.3, -0.25) is 0 Å². The summed E-state index contributed by atoms with van der Waals surface area (Å²) in [6, 6.07) is 17.1. The molecule has 1 aliphatic heterocycles. The van der Waals surface area contributed by atoms with Crippen LogP contribution in [0.1, 0.15) is 37.0 Å². The Hall–Kier alpha value is -2.28. The van der Waals surface area contributed by atoms with Gasteiger partial charge in [0.25, 0.3) is 0 Å². The zero-order chi connectivity index (χ0) is 14.8. The average molecular weight is 275 g/mol. The molecule has 1 aliphatic rings. The van der Waals surface area contributed by atoms with Crippen LogP contribution in [0, 0.1) is 0 Å². The molecule has 1 heterocycles. The summed E-state index contributed by atoms with van der Waals surface area (Å²) in [5, 5.41) is 0. The molecule has 1 nitrogen and oxygen atoms in total. The second-order valence-electron chi connectivity index (χ2n) is 5.34. The van der Waals surface area contributed by atoms with E-state index in [0.29, 0.717) is 0 Å². The Morgan fingerprint density at radius 3 is 2.33 bits per heavy atom. The van der Waals surface area contributed by atoms with Gasteiger partial charge >= 0.3 is 0 Å². The lowest BCUT2D eigenvalue weighted by atomic mass is 9.91. The molecule has 2 aromatic rings. The molecule has 0 spiro atoms. The second-order valence-corrected chi connectivity index (χ2v) is 5.34. The highest BCUT2D eigenvalue weighted by atomic mass is 15.2. The highest BCUT2D eigenvalue weighted by Gasteiger charge is 2.23. The fraction of sp³-hybridized carbons (Fsp3) is 0.200. The molecular weight excluding hydrogens is 254 g/mol. The maximum Gasteiger partial charge on any atom is 0.0467 e. The van der Waals surface area contributed by atoms with Gasteiger partial charge in [-0.05, 0) is 42.2 Å². The predicted octanol–water partition coefficient (Wildman–Crippen LogP) is 5.49. The van der Waals surface area contributed by atoms with Gasteiger partial charge in [0.1, 0.15) is 0 Å². The third-order valence-electron chi connectivity index (χ3n) is 4.11. The van der Waals surface area contributed by atoms with Crippen LogP contribution in [-0.4, -0.2) is 0 Å². The van der Waals surface area contributed by atoms with Gasteiger partial charge in [-0.25, -0.2) is 0 Å². The molecule has 0 saturated carbocycles. The van der Waals surface area contributed by atoms with Crippen molar-refractivity contribution in [1.82, 2.24) is 0 Å². The summed E-state index contributed by atoms with van der Waals surface area (Å²) in [5.41, 5.74) is 7.53. The molecule has 0 radical (unpaired) electrons. The number of nitrogens with zero attached hydrogens (tertiary/aromatic N) is 1. The van der Waals surface area contributed by atoms with Crippen molar-refractivity contribution in [1.29, 1.82) is 0 Å². The first-order valence-electron chi connectivity index (χ1n) is 7.63. The van der Waals surface area contributed by atoms with Crippen molar-refractivity contribution in [3.8, 4) is 0 Å². The molecule has 0 fully saturated rings. The van der Waals surface area contributed by atoms with Crippen molar-refractivity contribution < 1.29 is 0 Å². The zero-order valence-corrected chi connectivity index (χ0v) is 12.8. The van der Waals surface area contributed by atoms with Gasteiger partial charge in [0.15, 0.2) is 0 Å². The molecule has 0 saturated heterocycles. The Labute approximate surface area is 127 Å². The Balaban J connectivity index is 2.19. The molecule has 0 amide bonds. The van der Waals surface area contributed by atoms with E-state index < -0.39 is 0 Å². The van der Waals surface area contributed by atoms with Gasteiger partial charge in [0.2, 0.25) is 0 Å². The van der Waals surface area contributed by atoms with E-state index in [1.165, 1.54) is 28.1 Å². The summed E-state index contributed by atoms with van der Waals surface area (Å²) < 4.78 is 0. The standard InChI is InChI=1S/C20H21N/c1-4-16-10-9-11-17-14-18(5-2)21(15(3)20(16)17)19-12-7-6-8-13-19/h6-14H,3-5H2,1-2H3. The summed E-state index contributed by atoms with van der Waals surface area (Å²) in [7, 11) is 0. The summed E-state index contributed by atoms with van der Waals surface area (Å²) in [4.78, 5) is 2.29. The van der Waals surface area contributed by atoms with Crippen molar-refractivity contribution in [2.24, 2.45) is 0 Å². The number of para-hydroxylation sites is 1. The molecule has 1 heteroatoms. The van der Waals surface area contributed by atoms with Crippen molar-refractivity contribution in [3.05, 3.63) is 77.5 Å². The lowest BCUT2D eigenvalue weighted by molar-refractivity contribution is 1.01. The van der Waals surface area contributed by atoms with Crippen molar-refractivity contribution in [2.75, 3.05) is 4.90 Å². The van der Waals surface area contributed by atoms with Crippen LogP contribution in [0.5, 0.6) is 0 Å². The third-order valence-corrected chi connectivity index (χ3v) is 4.11. The van der Waals surface area contributed by atoms with Crippen LogP contribution >= 0.6 is 0 Å². The molecule has 0 N–H and O–H groups in total. The first kappa shape index (κ1) is 13.7. The minimum Gasteiger partial charge on any atom is -0.314 e. The summed E-state index contributed by atoms with van der Waals surface area (Å²) in [6.07, 6.45) is 4.32. The topological polar surface area (TPSA) is 3.24 Å². The average Bonchev–Trinajstić information content (AvgIpc) is 2.54. The Kier molecular flexibility index (Phi) is 3.66. The molecule has 0 aliphatic carbocycles. The number of rotatable bonds is 3. The quantitative estimate of drug-likeness (QED) is 0.716. The molecule has 0 aromatic heterocycles. The van der Waals surface area contributed by atoms with Crippen molar-refractivity contribution in [3.63, 3.8) is 0 Å². The van der Waals surface area contributed by atoms with E-state index >= 15 is 0 Å². The fourth-order valence-corrected chi connectivity index (χ4v) is 3.07. The summed E-state index contributed by atoms with van der Waals surface area (Å²) >= 11 is 0. The van der Waals surface area contributed by atoms with E-state index in [1.54, 1.807) is 0 Å². The fourth-order valence-electron chi connectivity index (χ4n) is 3.07. The van der Waals surface area contributed by atoms with Gasteiger partial charge in [-0.1, -0.05) is 56.8 Å². The van der Waals surface area contributed by atoms with E-state index in [-0.39, 0.29) is 0 Å². The number of fused-ring (bicyclic) bond motifs is 1. The van der Waals surface area contributed by atoms with Crippen LogP contribution in [-0.2, 0) is 6.42 Å². The third kappa shape index (κ3) is 2.29. The zero-order valence-electron chi connectivity index (χ0n) is 12.8. The van der Waals surface area contributed by atoms with Crippen LogP contribution in [0.25, 0.3) is 11.8 Å². The number of hydrogen-bond acceptors (Lipinski definition) is 1. The minimum absolute atomic E-state index is 0.990. The lowest BCUT2D eigenvalue weighted by Crippen LogP contribution is -2.24. The number of anilines is 1. The van der Waals surface area contributed by atoms with Crippen LogP contribution in [0.4, 0.5) is 5.69 Å². The number of aryl methyl sites for hydroxylation is 1. The van der Waals surface area contributed by atoms with Crippen LogP contribution in [0.15, 0.2) is 60.8 Å². The summed E-state index contributed by atoms with van der Waals surface area (Å²) in [6.45, 7) is 8.81. The van der Waals surface area contributed by atoms with Crippen LogP contribution in [0.3, 0.4) is 0 Å². The van der Waals surface area contributed by atoms with Gasteiger partial charge in [0, 0.05) is 22.6 Å². The molecule has 21 heavy (non-hydrogen) atoms. The van der Waals surface area contributed by atoms with Gasteiger partial charge in [0.05, 0.1) is 0 Å². The van der Waals surface area contributed by atoms with E-state index in [0.717, 1.165) is 18.5 Å². The van der Waals surface area contributed by atoms with Gasteiger partial charge in [-0.2, -0.15) is 0 Å². The van der Waals surface area contributed by atoms with Crippen LogP contribution < -0.4 is 4.90 Å². The van der Waals surface area contributed by atoms with Gasteiger partial charge < -0.3 is 4.90 Å². The Bertz CT molecular complexity index is 695. The predicted molar refractivity (Wildman–Crippen MR) is 92.0 cm³/mol. The highest BCUT2D eigenvalue weighted by molar-refractivity contribution is 5.92. The molecule has 2 aromatic carbocycles. The number of benzene rings is 2. The first-order valence-corrected chi connectivity index (χ1v) is 7.63. The van der Waals surface area contributed by atoms with Crippen molar-refractivity contribution >= 4 is 17.5 Å². The lowest BCUT2D eigenvalue weighted by Gasteiger charge is -2.34. The molecule has 106 valence electrons. The number of allylic oxidation sites excluding steroid dienone is 1.